The first-order valence-electron chi connectivity index (χ1n) is 10.7. The van der Waals surface area contributed by atoms with Gasteiger partial charge in [-0.25, -0.2) is 5.90 Å². The van der Waals surface area contributed by atoms with Crippen LogP contribution in [-0.2, 0) is 14.4 Å². The Labute approximate surface area is 163 Å². The maximum absolute atomic E-state index is 13.5. The van der Waals surface area contributed by atoms with Crippen LogP contribution in [0.4, 0.5) is 0 Å². The van der Waals surface area contributed by atoms with Crippen LogP contribution in [0.1, 0.15) is 64.7 Å². The molecular weight excluding hydrogens is 344 g/mol. The molecule has 7 nitrogen and oxygen atoms in total. The van der Waals surface area contributed by atoms with E-state index in [1.54, 1.807) is 0 Å². The third-order valence-corrected chi connectivity index (χ3v) is 6.20. The number of rotatable bonds is 9. The molecule has 0 aromatic carbocycles. The van der Waals surface area contributed by atoms with Crippen molar-refractivity contribution in [2.75, 3.05) is 33.3 Å². The van der Waals surface area contributed by atoms with E-state index >= 15 is 0 Å². The van der Waals surface area contributed by atoms with Crippen LogP contribution in [0.5, 0.6) is 0 Å². The molecule has 0 spiro atoms. The molecule has 7 heteroatoms. The predicted octanol–water partition coefficient (Wildman–Crippen LogP) is 1.66. The lowest BCUT2D eigenvalue weighted by Crippen LogP contribution is -2.57. The van der Waals surface area contributed by atoms with Gasteiger partial charge >= 0.3 is 0 Å². The van der Waals surface area contributed by atoms with Gasteiger partial charge in [0.2, 0.25) is 11.8 Å². The Morgan fingerprint density at radius 1 is 1.19 bits per heavy atom. The average Bonchev–Trinajstić information content (AvgIpc) is 2.71. The molecule has 156 valence electrons. The van der Waals surface area contributed by atoms with Gasteiger partial charge in [-0.15, -0.1) is 0 Å². The molecule has 2 amide bonds. The predicted molar refractivity (Wildman–Crippen MR) is 106 cm³/mol. The summed E-state index contributed by atoms with van der Waals surface area (Å²) in [4.78, 5) is 34.6. The molecule has 27 heavy (non-hydrogen) atoms. The zero-order chi connectivity index (χ0) is 19.6. The number of likely N-dealkylation sites (N-methyl/N-ethyl adjacent to an activating group) is 1. The molecule has 2 atom stereocenters. The van der Waals surface area contributed by atoms with Gasteiger partial charge in [0.15, 0.2) is 0 Å². The second kappa shape index (κ2) is 11.6. The number of nitrogens with one attached hydrogen (secondary N) is 1. The Morgan fingerprint density at radius 3 is 2.56 bits per heavy atom. The minimum atomic E-state index is -0.372. The highest BCUT2D eigenvalue weighted by atomic mass is 16.6. The van der Waals surface area contributed by atoms with Crippen LogP contribution in [0, 0.1) is 5.92 Å². The fourth-order valence-corrected chi connectivity index (χ4v) is 4.44. The molecule has 0 bridgehead atoms. The van der Waals surface area contributed by atoms with E-state index in [4.69, 9.17) is 5.90 Å². The number of carbonyl (C=O) groups excluding carboxylic acids is 2. The largest absolute Gasteiger partial charge is 0.352 e. The number of nitrogens with two attached hydrogens (primary N) is 1. The highest BCUT2D eigenvalue weighted by Gasteiger charge is 2.37. The van der Waals surface area contributed by atoms with Crippen LogP contribution in [0.25, 0.3) is 0 Å². The van der Waals surface area contributed by atoms with Crippen molar-refractivity contribution >= 4 is 11.8 Å². The number of nitrogens with zero attached hydrogens (tertiary/aromatic N) is 2. The van der Waals surface area contributed by atoms with Gasteiger partial charge in [-0.05, 0) is 45.2 Å². The van der Waals surface area contributed by atoms with Gasteiger partial charge in [0.05, 0.1) is 12.6 Å². The van der Waals surface area contributed by atoms with E-state index in [0.717, 1.165) is 32.2 Å². The molecule has 1 aliphatic carbocycles. The van der Waals surface area contributed by atoms with Crippen LogP contribution in [0.2, 0.25) is 0 Å². The molecule has 1 aliphatic heterocycles. The van der Waals surface area contributed by atoms with Crippen LogP contribution < -0.4 is 11.2 Å². The molecule has 1 saturated heterocycles. The molecule has 0 aromatic rings. The van der Waals surface area contributed by atoms with Crippen molar-refractivity contribution in [3.8, 4) is 0 Å². The zero-order valence-corrected chi connectivity index (χ0v) is 17.1. The van der Waals surface area contributed by atoms with Crippen LogP contribution in [-0.4, -0.2) is 67.0 Å². The van der Waals surface area contributed by atoms with Crippen LogP contribution in [0.3, 0.4) is 0 Å². The van der Waals surface area contributed by atoms with E-state index in [1.807, 2.05) is 11.9 Å². The summed E-state index contributed by atoms with van der Waals surface area (Å²) < 4.78 is 0. The lowest BCUT2D eigenvalue weighted by atomic mass is 9.84. The van der Waals surface area contributed by atoms with Crippen molar-refractivity contribution in [3.63, 3.8) is 0 Å². The first-order valence-corrected chi connectivity index (χ1v) is 10.7. The zero-order valence-electron chi connectivity index (χ0n) is 17.1. The second-order valence-corrected chi connectivity index (χ2v) is 8.03. The van der Waals surface area contributed by atoms with Gasteiger partial charge in [-0.1, -0.05) is 39.0 Å². The standard InChI is InChI=1S/C20H38N4O3/c1-3-23(2)18(15-16-9-5-4-6-10-16)20(26)24-13-8-7-11-17(24)19(25)22-12-14-27-21/h16-18H,3-15,21H2,1-2H3,(H,22,25)/t17-,18+/m0/s1. The molecule has 1 heterocycles. The summed E-state index contributed by atoms with van der Waals surface area (Å²) in [5.41, 5.74) is 0. The first kappa shape index (κ1) is 22.1. The Balaban J connectivity index is 2.06. The number of carbonyl (C=O) groups is 2. The van der Waals surface area contributed by atoms with E-state index in [-0.39, 0.29) is 30.5 Å². The number of likely N-dealkylation sites (tertiary alicyclic amines) is 1. The lowest BCUT2D eigenvalue weighted by Gasteiger charge is -2.40. The number of hydrogen-bond donors (Lipinski definition) is 2. The third-order valence-electron chi connectivity index (χ3n) is 6.20. The molecule has 3 N–H and O–H groups in total. The quantitative estimate of drug-likeness (QED) is 0.468. The Bertz CT molecular complexity index is 468. The summed E-state index contributed by atoms with van der Waals surface area (Å²) in [6.07, 6.45) is 9.91. The van der Waals surface area contributed by atoms with Crippen molar-refractivity contribution < 1.29 is 14.4 Å². The monoisotopic (exact) mass is 382 g/mol. The summed E-state index contributed by atoms with van der Waals surface area (Å²) in [5, 5.41) is 2.85. The van der Waals surface area contributed by atoms with Crippen molar-refractivity contribution in [1.82, 2.24) is 15.1 Å². The molecule has 0 radical (unpaired) electrons. The summed E-state index contributed by atoms with van der Waals surface area (Å²) >= 11 is 0. The van der Waals surface area contributed by atoms with Crippen molar-refractivity contribution in [3.05, 3.63) is 0 Å². The second-order valence-electron chi connectivity index (χ2n) is 8.03. The molecule has 2 fully saturated rings. The fourth-order valence-electron chi connectivity index (χ4n) is 4.44. The van der Waals surface area contributed by atoms with E-state index in [9.17, 15) is 9.59 Å². The Kier molecular flexibility index (Phi) is 9.51. The number of hydrogen-bond acceptors (Lipinski definition) is 5. The molecular formula is C20H38N4O3. The Hall–Kier alpha value is -1.18. The lowest BCUT2D eigenvalue weighted by molar-refractivity contribution is -0.146. The van der Waals surface area contributed by atoms with Gasteiger partial charge in [0, 0.05) is 13.1 Å². The minimum absolute atomic E-state index is 0.0873. The van der Waals surface area contributed by atoms with Gasteiger partial charge in [0.1, 0.15) is 6.04 Å². The number of piperidine rings is 1. The first-order chi connectivity index (χ1) is 13.1. The molecule has 0 unspecified atom stereocenters. The van der Waals surface area contributed by atoms with Gasteiger partial charge < -0.3 is 15.1 Å². The highest BCUT2D eigenvalue weighted by Crippen LogP contribution is 2.30. The van der Waals surface area contributed by atoms with E-state index in [0.29, 0.717) is 19.0 Å². The van der Waals surface area contributed by atoms with Crippen molar-refractivity contribution in [2.24, 2.45) is 11.8 Å². The fraction of sp³-hybridized carbons (Fsp3) is 0.900. The van der Waals surface area contributed by atoms with E-state index < -0.39 is 0 Å². The number of amides is 2. The SMILES string of the molecule is CCN(C)[C@H](CC1CCCCC1)C(=O)N1CCCC[C@H]1C(=O)NCCON. The molecule has 2 aliphatic rings. The van der Waals surface area contributed by atoms with Gasteiger partial charge in [-0.3, -0.25) is 14.5 Å². The van der Waals surface area contributed by atoms with Crippen LogP contribution >= 0.6 is 0 Å². The molecule has 0 aromatic heterocycles. The van der Waals surface area contributed by atoms with Crippen molar-refractivity contribution in [2.45, 2.75) is 76.8 Å². The third kappa shape index (κ3) is 6.43. The Morgan fingerprint density at radius 2 is 1.89 bits per heavy atom. The summed E-state index contributed by atoms with van der Waals surface area (Å²) in [7, 11) is 2.03. The average molecular weight is 383 g/mol. The highest BCUT2D eigenvalue weighted by molar-refractivity contribution is 5.90. The normalized spacial score (nSPS) is 22.7. The van der Waals surface area contributed by atoms with Gasteiger partial charge in [-0.2, -0.15) is 0 Å². The maximum atomic E-state index is 13.5. The summed E-state index contributed by atoms with van der Waals surface area (Å²) in [6.45, 7) is 4.24. The minimum Gasteiger partial charge on any atom is -0.352 e. The topological polar surface area (TPSA) is 87.9 Å². The maximum Gasteiger partial charge on any atom is 0.242 e. The molecule has 1 saturated carbocycles. The van der Waals surface area contributed by atoms with E-state index in [1.165, 1.54) is 32.1 Å². The summed E-state index contributed by atoms with van der Waals surface area (Å²) in [6, 6.07) is -0.498. The summed E-state index contributed by atoms with van der Waals surface area (Å²) in [5.74, 6) is 5.69. The van der Waals surface area contributed by atoms with Crippen molar-refractivity contribution in [1.29, 1.82) is 0 Å². The van der Waals surface area contributed by atoms with Crippen LogP contribution in [0.15, 0.2) is 0 Å². The van der Waals surface area contributed by atoms with Gasteiger partial charge in [0.25, 0.3) is 0 Å². The smallest absolute Gasteiger partial charge is 0.242 e. The van der Waals surface area contributed by atoms with E-state index in [2.05, 4.69) is 22.0 Å². The molecule has 2 rings (SSSR count).